The minimum atomic E-state index is -4.72. The molecule has 0 aliphatic carbocycles. The van der Waals surface area contributed by atoms with Crippen molar-refractivity contribution in [2.24, 2.45) is 0 Å². The van der Waals surface area contributed by atoms with Crippen LogP contribution in [0.5, 0.6) is 0 Å². The molecule has 0 amide bonds. The van der Waals surface area contributed by atoms with Gasteiger partial charge in [0.05, 0.1) is 11.1 Å². The minimum Gasteiger partial charge on any atom is -0.233 e. The molecule has 0 unspecified atom stereocenters. The summed E-state index contributed by atoms with van der Waals surface area (Å²) in [7, 11) is 0. The molecule has 0 aliphatic heterocycles. The number of alkyl halides is 3. The zero-order valence-corrected chi connectivity index (χ0v) is 7.14. The van der Waals surface area contributed by atoms with Crippen molar-refractivity contribution in [2.45, 2.75) is 6.18 Å². The zero-order valence-electron chi connectivity index (χ0n) is 7.14. The standard InChI is InChI=1S/C9H3F4N2/c10-7-1-5-3-14-4-15-8(5)2-6(7)9(11,12)13/h1-3H. The van der Waals surface area contributed by atoms with Crippen LogP contribution in [0.3, 0.4) is 0 Å². The van der Waals surface area contributed by atoms with Crippen molar-refractivity contribution in [2.75, 3.05) is 0 Å². The summed E-state index contributed by atoms with van der Waals surface area (Å²) in [6, 6.07) is 1.40. The van der Waals surface area contributed by atoms with Crippen LogP contribution in [0.15, 0.2) is 18.3 Å². The molecule has 6 heteroatoms. The second kappa shape index (κ2) is 3.15. The van der Waals surface area contributed by atoms with Crippen LogP contribution in [-0.2, 0) is 6.18 Å². The van der Waals surface area contributed by atoms with E-state index in [1.165, 1.54) is 6.20 Å². The molecule has 0 N–H and O–H groups in total. The highest BCUT2D eigenvalue weighted by atomic mass is 19.4. The Morgan fingerprint density at radius 1 is 1.20 bits per heavy atom. The van der Waals surface area contributed by atoms with Crippen molar-refractivity contribution < 1.29 is 17.6 Å². The molecule has 2 rings (SSSR count). The Morgan fingerprint density at radius 3 is 2.60 bits per heavy atom. The summed E-state index contributed by atoms with van der Waals surface area (Å²) < 4.78 is 49.9. The van der Waals surface area contributed by atoms with Crippen LogP contribution in [0.4, 0.5) is 17.6 Å². The van der Waals surface area contributed by atoms with Gasteiger partial charge in [-0.15, -0.1) is 0 Å². The van der Waals surface area contributed by atoms with E-state index in [0.29, 0.717) is 6.07 Å². The van der Waals surface area contributed by atoms with Crippen molar-refractivity contribution in [1.82, 2.24) is 9.97 Å². The van der Waals surface area contributed by atoms with Gasteiger partial charge in [0.15, 0.2) is 6.33 Å². The Labute approximate surface area is 81.6 Å². The minimum absolute atomic E-state index is 0.0127. The first-order chi connectivity index (χ1) is 6.98. The zero-order chi connectivity index (χ0) is 11.1. The molecule has 0 bridgehead atoms. The summed E-state index contributed by atoms with van der Waals surface area (Å²) in [5, 5.41) is 0.208. The second-order valence-electron chi connectivity index (χ2n) is 2.86. The third kappa shape index (κ3) is 1.74. The predicted octanol–water partition coefficient (Wildman–Crippen LogP) is 2.59. The van der Waals surface area contributed by atoms with Gasteiger partial charge in [-0.05, 0) is 12.1 Å². The lowest BCUT2D eigenvalue weighted by atomic mass is 10.1. The fourth-order valence-corrected chi connectivity index (χ4v) is 1.18. The highest BCUT2D eigenvalue weighted by molar-refractivity contribution is 5.78. The molecule has 15 heavy (non-hydrogen) atoms. The smallest absolute Gasteiger partial charge is 0.233 e. The lowest BCUT2D eigenvalue weighted by Gasteiger charge is -2.08. The molecule has 0 atom stereocenters. The van der Waals surface area contributed by atoms with Crippen molar-refractivity contribution in [3.8, 4) is 0 Å². The quantitative estimate of drug-likeness (QED) is 0.631. The van der Waals surface area contributed by atoms with Crippen LogP contribution in [0.2, 0.25) is 0 Å². The van der Waals surface area contributed by atoms with Gasteiger partial charge in [-0.2, -0.15) is 13.2 Å². The first kappa shape index (κ1) is 9.82. The predicted molar refractivity (Wildman–Crippen MR) is 43.3 cm³/mol. The van der Waals surface area contributed by atoms with Gasteiger partial charge < -0.3 is 0 Å². The molecule has 1 aromatic carbocycles. The fraction of sp³-hybridized carbons (Fsp3) is 0.111. The van der Waals surface area contributed by atoms with E-state index in [-0.39, 0.29) is 10.9 Å². The topological polar surface area (TPSA) is 25.8 Å². The Hall–Kier alpha value is -1.72. The molecule has 2 aromatic rings. The summed E-state index contributed by atoms with van der Waals surface area (Å²) in [4.78, 5) is 6.96. The van der Waals surface area contributed by atoms with E-state index in [9.17, 15) is 17.6 Å². The molecule has 0 fully saturated rings. The van der Waals surface area contributed by atoms with Crippen LogP contribution >= 0.6 is 0 Å². The van der Waals surface area contributed by atoms with Crippen molar-refractivity contribution in [3.05, 3.63) is 36.0 Å². The maximum atomic E-state index is 13.0. The maximum Gasteiger partial charge on any atom is 0.419 e. The van der Waals surface area contributed by atoms with E-state index in [4.69, 9.17) is 0 Å². The van der Waals surface area contributed by atoms with E-state index in [1.54, 1.807) is 0 Å². The van der Waals surface area contributed by atoms with E-state index >= 15 is 0 Å². The number of halogens is 4. The molecule has 0 saturated carbocycles. The number of nitrogens with zero attached hydrogens (tertiary/aromatic N) is 2. The second-order valence-corrected chi connectivity index (χ2v) is 2.86. The molecule has 77 valence electrons. The van der Waals surface area contributed by atoms with Crippen molar-refractivity contribution in [3.63, 3.8) is 0 Å². The normalized spacial score (nSPS) is 12.0. The van der Waals surface area contributed by atoms with Gasteiger partial charge in [-0.25, -0.2) is 14.4 Å². The van der Waals surface area contributed by atoms with Gasteiger partial charge in [0.25, 0.3) is 0 Å². The number of rotatable bonds is 0. The average Bonchev–Trinajstić information content (AvgIpc) is 2.15. The summed E-state index contributed by atoms with van der Waals surface area (Å²) in [5.74, 6) is -1.33. The average molecular weight is 215 g/mol. The molecule has 0 saturated heterocycles. The third-order valence-electron chi connectivity index (χ3n) is 1.85. The molecule has 1 aromatic heterocycles. The van der Waals surface area contributed by atoms with Gasteiger partial charge in [-0.3, -0.25) is 0 Å². The molecule has 0 aliphatic rings. The summed E-state index contributed by atoms with van der Waals surface area (Å²) >= 11 is 0. The highest BCUT2D eigenvalue weighted by Crippen LogP contribution is 2.32. The van der Waals surface area contributed by atoms with Gasteiger partial charge in [0.1, 0.15) is 5.82 Å². The number of benzene rings is 1. The van der Waals surface area contributed by atoms with Crippen LogP contribution in [0.25, 0.3) is 10.9 Å². The lowest BCUT2D eigenvalue weighted by molar-refractivity contribution is -0.139. The fourth-order valence-electron chi connectivity index (χ4n) is 1.18. The van der Waals surface area contributed by atoms with Gasteiger partial charge >= 0.3 is 6.18 Å². The Bertz CT molecular complexity index is 507. The Balaban J connectivity index is 2.73. The third-order valence-corrected chi connectivity index (χ3v) is 1.85. The molecular weight excluding hydrogens is 212 g/mol. The summed E-state index contributed by atoms with van der Waals surface area (Å²) in [5.41, 5.74) is -1.32. The van der Waals surface area contributed by atoms with Crippen molar-refractivity contribution in [1.29, 1.82) is 0 Å². The number of hydrogen-bond donors (Lipinski definition) is 0. The molecule has 0 spiro atoms. The van der Waals surface area contributed by atoms with E-state index in [1.807, 2.05) is 0 Å². The monoisotopic (exact) mass is 215 g/mol. The van der Waals surface area contributed by atoms with Gasteiger partial charge in [0.2, 0.25) is 0 Å². The van der Waals surface area contributed by atoms with Crippen LogP contribution in [0, 0.1) is 12.1 Å². The van der Waals surface area contributed by atoms with Crippen molar-refractivity contribution >= 4 is 10.9 Å². The highest BCUT2D eigenvalue weighted by Gasteiger charge is 2.34. The number of aromatic nitrogens is 2. The molecule has 1 heterocycles. The Kier molecular flexibility index (Phi) is 2.06. The summed E-state index contributed by atoms with van der Waals surface area (Å²) in [6.07, 6.45) is -1.38. The SMILES string of the molecule is Fc1cc2cn[c]nc2cc1C(F)(F)F. The number of fused-ring (bicyclic) bond motifs is 1. The van der Waals surface area contributed by atoms with Crippen LogP contribution in [0.1, 0.15) is 5.56 Å². The van der Waals surface area contributed by atoms with E-state index in [2.05, 4.69) is 16.3 Å². The summed E-state index contributed by atoms with van der Waals surface area (Å²) in [6.45, 7) is 0. The van der Waals surface area contributed by atoms with Gasteiger partial charge in [0, 0.05) is 11.6 Å². The van der Waals surface area contributed by atoms with Crippen LogP contribution < -0.4 is 0 Å². The van der Waals surface area contributed by atoms with E-state index in [0.717, 1.165) is 6.07 Å². The van der Waals surface area contributed by atoms with Crippen LogP contribution in [-0.4, -0.2) is 9.97 Å². The number of hydrogen-bond acceptors (Lipinski definition) is 2. The Morgan fingerprint density at radius 2 is 1.93 bits per heavy atom. The molecule has 2 nitrogen and oxygen atoms in total. The lowest BCUT2D eigenvalue weighted by Crippen LogP contribution is -2.08. The maximum absolute atomic E-state index is 13.0. The first-order valence-corrected chi connectivity index (χ1v) is 3.88. The van der Waals surface area contributed by atoms with Gasteiger partial charge in [-0.1, -0.05) is 0 Å². The first-order valence-electron chi connectivity index (χ1n) is 3.88. The van der Waals surface area contributed by atoms with E-state index < -0.39 is 17.6 Å². The largest absolute Gasteiger partial charge is 0.419 e. The molecular formula is C9H3F4N2. The molecule has 1 radical (unpaired) electrons.